The predicted molar refractivity (Wildman–Crippen MR) is 141 cm³/mol. The van der Waals surface area contributed by atoms with Crippen molar-refractivity contribution in [1.29, 1.82) is 0 Å². The highest BCUT2D eigenvalue weighted by Crippen LogP contribution is 2.31. The van der Waals surface area contributed by atoms with Crippen LogP contribution in [0.5, 0.6) is 0 Å². The maximum atomic E-state index is 12.4. The quantitative estimate of drug-likeness (QED) is 0.259. The maximum Gasteiger partial charge on any atom is 0.229 e. The Kier molecular flexibility index (Phi) is 6.72. The summed E-state index contributed by atoms with van der Waals surface area (Å²) in [6.07, 6.45) is 5.35. The molecule has 3 N–H and O–H groups in total. The van der Waals surface area contributed by atoms with Gasteiger partial charge in [0, 0.05) is 30.3 Å². The van der Waals surface area contributed by atoms with Crippen molar-refractivity contribution in [3.63, 3.8) is 0 Å². The van der Waals surface area contributed by atoms with Crippen LogP contribution in [0.1, 0.15) is 38.5 Å². The third-order valence-corrected chi connectivity index (χ3v) is 7.22. The van der Waals surface area contributed by atoms with Gasteiger partial charge in [0.1, 0.15) is 0 Å². The Morgan fingerprint density at radius 2 is 1.71 bits per heavy atom. The number of anilines is 3. The van der Waals surface area contributed by atoms with Crippen molar-refractivity contribution in [2.45, 2.75) is 38.5 Å². The van der Waals surface area contributed by atoms with E-state index in [-0.39, 0.29) is 17.7 Å². The lowest BCUT2D eigenvalue weighted by Gasteiger charge is -2.08. The van der Waals surface area contributed by atoms with Crippen molar-refractivity contribution < 1.29 is 9.59 Å². The van der Waals surface area contributed by atoms with E-state index in [0.717, 1.165) is 60.2 Å². The normalized spacial score (nSPS) is 13.9. The molecule has 174 valence electrons. The van der Waals surface area contributed by atoms with Gasteiger partial charge in [-0.15, -0.1) is 0 Å². The number of carbonyl (C=O) groups excluding carboxylic acids is 2. The number of nitrogens with zero attached hydrogens (tertiary/aromatic N) is 1. The topological polar surface area (TPSA) is 83.1 Å². The molecule has 3 aromatic carbocycles. The molecular weight excluding hydrogens is 444 g/mol. The second-order valence-electron chi connectivity index (χ2n) is 8.81. The van der Waals surface area contributed by atoms with Gasteiger partial charge in [-0.05, 0) is 60.4 Å². The molecule has 5 rings (SSSR count). The van der Waals surface area contributed by atoms with Crippen molar-refractivity contribution in [2.75, 3.05) is 22.5 Å². The summed E-state index contributed by atoms with van der Waals surface area (Å²) < 4.78 is 0.942. The van der Waals surface area contributed by atoms with Crippen LogP contribution in [0.4, 0.5) is 16.5 Å². The molecule has 0 spiro atoms. The third-order valence-electron chi connectivity index (χ3n) is 6.29. The van der Waals surface area contributed by atoms with Crippen molar-refractivity contribution in [3.8, 4) is 0 Å². The molecular formula is C27H28N4O2S. The first-order valence-corrected chi connectivity index (χ1v) is 12.7. The Morgan fingerprint density at radius 3 is 2.56 bits per heavy atom. The smallest absolute Gasteiger partial charge is 0.229 e. The number of hydrogen-bond acceptors (Lipinski definition) is 5. The summed E-state index contributed by atoms with van der Waals surface area (Å²) in [7, 11) is 0. The van der Waals surface area contributed by atoms with Gasteiger partial charge in [0.05, 0.1) is 10.2 Å². The third kappa shape index (κ3) is 5.37. The molecule has 7 heteroatoms. The van der Waals surface area contributed by atoms with E-state index in [9.17, 15) is 9.59 Å². The van der Waals surface area contributed by atoms with Crippen molar-refractivity contribution in [3.05, 3.63) is 60.7 Å². The lowest BCUT2D eigenvalue weighted by atomic mass is 10.1. The van der Waals surface area contributed by atoms with E-state index < -0.39 is 0 Å². The molecule has 4 aromatic rings. The monoisotopic (exact) mass is 472 g/mol. The molecule has 6 nitrogen and oxygen atoms in total. The van der Waals surface area contributed by atoms with Gasteiger partial charge in [0.2, 0.25) is 11.8 Å². The molecule has 0 radical (unpaired) electrons. The summed E-state index contributed by atoms with van der Waals surface area (Å²) >= 11 is 1.44. The average Bonchev–Trinajstić information content (AvgIpc) is 3.51. The van der Waals surface area contributed by atoms with Crippen LogP contribution >= 0.6 is 11.3 Å². The molecule has 1 aliphatic carbocycles. The number of benzene rings is 3. The van der Waals surface area contributed by atoms with Gasteiger partial charge < -0.3 is 16.0 Å². The highest BCUT2D eigenvalue weighted by atomic mass is 32.1. The number of amides is 2. The molecule has 1 saturated carbocycles. The highest BCUT2D eigenvalue weighted by Gasteiger charge is 2.23. The van der Waals surface area contributed by atoms with Crippen LogP contribution in [0.3, 0.4) is 0 Å². The molecule has 1 fully saturated rings. The number of carbonyl (C=O) groups is 2. The standard InChI is InChI=1S/C27H28N4O2S/c32-25(10-5-15-28-21-12-11-18-6-1-4-9-20(18)16-21)29-22-13-14-23-24(17-22)34-27(30-23)31-26(33)19-7-2-3-8-19/h1,4,6,9,11-14,16-17,19,28H,2-3,5,7-8,10,15H2,(H,29,32)(H,30,31,33). The molecule has 1 heterocycles. The van der Waals surface area contributed by atoms with Crippen LogP contribution in [-0.2, 0) is 9.59 Å². The van der Waals surface area contributed by atoms with Gasteiger partial charge in [-0.25, -0.2) is 4.98 Å². The molecule has 0 atom stereocenters. The summed E-state index contributed by atoms with van der Waals surface area (Å²) in [6, 6.07) is 20.2. The first-order valence-electron chi connectivity index (χ1n) is 11.9. The van der Waals surface area contributed by atoms with Crippen LogP contribution < -0.4 is 16.0 Å². The first kappa shape index (κ1) is 22.3. The Labute approximate surface area is 202 Å². The zero-order valence-corrected chi connectivity index (χ0v) is 19.8. The summed E-state index contributed by atoms with van der Waals surface area (Å²) in [5.41, 5.74) is 2.63. The lowest BCUT2D eigenvalue weighted by molar-refractivity contribution is -0.119. The van der Waals surface area contributed by atoms with E-state index in [1.165, 1.54) is 22.1 Å². The Hall–Kier alpha value is -3.45. The molecule has 0 unspecified atom stereocenters. The number of hydrogen-bond donors (Lipinski definition) is 3. The predicted octanol–water partition coefficient (Wildman–Crippen LogP) is 6.41. The highest BCUT2D eigenvalue weighted by molar-refractivity contribution is 7.22. The van der Waals surface area contributed by atoms with E-state index in [2.05, 4.69) is 51.3 Å². The van der Waals surface area contributed by atoms with Gasteiger partial charge in [-0.1, -0.05) is 54.5 Å². The van der Waals surface area contributed by atoms with Crippen LogP contribution in [0.2, 0.25) is 0 Å². The van der Waals surface area contributed by atoms with Gasteiger partial charge in [-0.2, -0.15) is 0 Å². The Bertz CT molecular complexity index is 1330. The minimum absolute atomic E-state index is 0.0149. The molecule has 1 aliphatic rings. The fourth-order valence-electron chi connectivity index (χ4n) is 4.46. The number of rotatable bonds is 8. The summed E-state index contributed by atoms with van der Waals surface area (Å²) in [5, 5.41) is 12.4. The fraction of sp³-hybridized carbons (Fsp3) is 0.296. The van der Waals surface area contributed by atoms with E-state index in [1.54, 1.807) is 0 Å². The van der Waals surface area contributed by atoms with Gasteiger partial charge >= 0.3 is 0 Å². The molecule has 2 amide bonds. The zero-order chi connectivity index (χ0) is 23.3. The Balaban J connectivity index is 1.10. The number of nitrogens with one attached hydrogen (secondary N) is 3. The SMILES string of the molecule is O=C(CCCNc1ccc2ccccc2c1)Nc1ccc2nc(NC(=O)C3CCCC3)sc2c1. The van der Waals surface area contributed by atoms with Crippen molar-refractivity contribution >= 4 is 60.6 Å². The number of aromatic nitrogens is 1. The van der Waals surface area contributed by atoms with E-state index in [4.69, 9.17) is 0 Å². The number of thiazole rings is 1. The van der Waals surface area contributed by atoms with Crippen molar-refractivity contribution in [2.24, 2.45) is 5.92 Å². The molecule has 1 aromatic heterocycles. The second kappa shape index (κ2) is 10.2. The van der Waals surface area contributed by atoms with E-state index in [0.29, 0.717) is 11.6 Å². The Morgan fingerprint density at radius 1 is 0.912 bits per heavy atom. The second-order valence-corrected chi connectivity index (χ2v) is 9.84. The van der Waals surface area contributed by atoms with Crippen LogP contribution in [0, 0.1) is 5.92 Å². The fourth-order valence-corrected chi connectivity index (χ4v) is 5.36. The molecule has 0 bridgehead atoms. The minimum Gasteiger partial charge on any atom is -0.385 e. The summed E-state index contributed by atoms with van der Waals surface area (Å²) in [4.78, 5) is 29.3. The number of fused-ring (bicyclic) bond motifs is 2. The maximum absolute atomic E-state index is 12.4. The summed E-state index contributed by atoms with van der Waals surface area (Å²) in [5.74, 6) is 0.166. The van der Waals surface area contributed by atoms with Gasteiger partial charge in [0.15, 0.2) is 5.13 Å². The molecule has 0 aliphatic heterocycles. The first-order chi connectivity index (χ1) is 16.6. The van der Waals surface area contributed by atoms with Gasteiger partial charge in [0.25, 0.3) is 0 Å². The zero-order valence-electron chi connectivity index (χ0n) is 19.0. The lowest BCUT2D eigenvalue weighted by Crippen LogP contribution is -2.19. The van der Waals surface area contributed by atoms with Crippen LogP contribution in [-0.4, -0.2) is 23.3 Å². The average molecular weight is 473 g/mol. The van der Waals surface area contributed by atoms with Gasteiger partial charge in [-0.3, -0.25) is 9.59 Å². The van der Waals surface area contributed by atoms with Crippen LogP contribution in [0.25, 0.3) is 21.0 Å². The van der Waals surface area contributed by atoms with Crippen molar-refractivity contribution in [1.82, 2.24) is 4.98 Å². The largest absolute Gasteiger partial charge is 0.385 e. The van der Waals surface area contributed by atoms with E-state index >= 15 is 0 Å². The van der Waals surface area contributed by atoms with Crippen LogP contribution in [0.15, 0.2) is 60.7 Å². The van der Waals surface area contributed by atoms with E-state index in [1.807, 2.05) is 30.3 Å². The molecule has 0 saturated heterocycles. The summed E-state index contributed by atoms with van der Waals surface area (Å²) in [6.45, 7) is 0.726. The minimum atomic E-state index is -0.0149. The molecule has 34 heavy (non-hydrogen) atoms.